The summed E-state index contributed by atoms with van der Waals surface area (Å²) in [5.41, 5.74) is 2.29. The van der Waals surface area contributed by atoms with Crippen LogP contribution in [0.2, 0.25) is 0 Å². The topological polar surface area (TPSA) is 65.7 Å². The van der Waals surface area contributed by atoms with E-state index in [1.165, 1.54) is 13.2 Å². The first-order valence-electron chi connectivity index (χ1n) is 7.83. The number of fused-ring (bicyclic) bond motifs is 1. The van der Waals surface area contributed by atoms with Gasteiger partial charge in [0.1, 0.15) is 17.1 Å². The van der Waals surface area contributed by atoms with E-state index in [-0.39, 0.29) is 12.4 Å². The quantitative estimate of drug-likeness (QED) is 0.524. The van der Waals surface area contributed by atoms with E-state index in [0.717, 1.165) is 16.5 Å². The summed E-state index contributed by atoms with van der Waals surface area (Å²) in [5, 5.41) is 0.832. The molecule has 0 aliphatic heterocycles. The van der Waals surface area contributed by atoms with Crippen molar-refractivity contribution in [3.05, 3.63) is 69.6 Å². The van der Waals surface area contributed by atoms with E-state index >= 15 is 0 Å². The minimum Gasteiger partial charge on any atom is -0.496 e. The lowest BCUT2D eigenvalue weighted by Crippen LogP contribution is -2.13. The summed E-state index contributed by atoms with van der Waals surface area (Å²) < 4.78 is 16.0. The molecule has 25 heavy (non-hydrogen) atoms. The lowest BCUT2D eigenvalue weighted by atomic mass is 10.1. The van der Waals surface area contributed by atoms with Gasteiger partial charge in [-0.3, -0.25) is 4.79 Å². The minimum absolute atomic E-state index is 0.138. The van der Waals surface area contributed by atoms with Crippen LogP contribution in [-0.2, 0) is 0 Å². The van der Waals surface area contributed by atoms with E-state index < -0.39 is 5.63 Å². The second kappa shape index (κ2) is 6.81. The van der Waals surface area contributed by atoms with Crippen LogP contribution in [0.25, 0.3) is 11.0 Å². The number of ketones is 1. The van der Waals surface area contributed by atoms with Crippen LogP contribution in [0.15, 0.2) is 51.7 Å². The van der Waals surface area contributed by atoms with Crippen LogP contribution in [0, 0.1) is 13.8 Å². The highest BCUT2D eigenvalue weighted by atomic mass is 16.5. The van der Waals surface area contributed by atoms with E-state index in [9.17, 15) is 9.59 Å². The number of benzene rings is 2. The van der Waals surface area contributed by atoms with Crippen molar-refractivity contribution in [1.82, 2.24) is 0 Å². The Morgan fingerprint density at radius 1 is 1.08 bits per heavy atom. The Balaban J connectivity index is 1.82. The molecule has 3 aromatic rings. The molecule has 0 aliphatic carbocycles. The Kier molecular flexibility index (Phi) is 4.57. The lowest BCUT2D eigenvalue weighted by Gasteiger charge is -2.10. The van der Waals surface area contributed by atoms with E-state index in [2.05, 4.69) is 0 Å². The molecule has 0 aliphatic rings. The molecule has 0 unspecified atom stereocenters. The molecule has 5 heteroatoms. The molecule has 0 saturated carbocycles. The van der Waals surface area contributed by atoms with Gasteiger partial charge in [-0.15, -0.1) is 0 Å². The SMILES string of the molecule is COc1ccc(C)cc1C(=O)COc1ccc2c(C)cc(=O)oc2c1. The van der Waals surface area contributed by atoms with Gasteiger partial charge in [-0.05, 0) is 43.7 Å². The number of hydrogen-bond acceptors (Lipinski definition) is 5. The monoisotopic (exact) mass is 338 g/mol. The maximum Gasteiger partial charge on any atom is 0.336 e. The summed E-state index contributed by atoms with van der Waals surface area (Å²) in [6.07, 6.45) is 0. The van der Waals surface area contributed by atoms with Crippen molar-refractivity contribution in [1.29, 1.82) is 0 Å². The van der Waals surface area contributed by atoms with E-state index in [1.54, 1.807) is 30.3 Å². The molecule has 0 saturated heterocycles. The Morgan fingerprint density at radius 2 is 1.88 bits per heavy atom. The van der Waals surface area contributed by atoms with Crippen molar-refractivity contribution < 1.29 is 18.7 Å². The Bertz CT molecular complexity index is 1000. The maximum absolute atomic E-state index is 12.4. The van der Waals surface area contributed by atoms with Gasteiger partial charge in [-0.1, -0.05) is 11.6 Å². The number of carbonyl (C=O) groups is 1. The van der Waals surface area contributed by atoms with Gasteiger partial charge in [0.2, 0.25) is 5.78 Å². The molecular weight excluding hydrogens is 320 g/mol. The van der Waals surface area contributed by atoms with E-state index in [1.807, 2.05) is 19.9 Å². The molecule has 0 spiro atoms. The standard InChI is InChI=1S/C20H18O5/c1-12-4-7-18(23-3)16(8-12)17(21)11-24-14-5-6-15-13(2)9-20(22)25-19(15)10-14/h4-10H,11H2,1-3H3. The lowest BCUT2D eigenvalue weighted by molar-refractivity contribution is 0.0918. The third kappa shape index (κ3) is 3.55. The molecule has 0 bridgehead atoms. The van der Waals surface area contributed by atoms with Crippen LogP contribution in [0.5, 0.6) is 11.5 Å². The largest absolute Gasteiger partial charge is 0.496 e. The number of Topliss-reactive ketones (excluding diaryl/α,β-unsaturated/α-hetero) is 1. The summed E-state index contributed by atoms with van der Waals surface area (Å²) in [5.74, 6) is 0.784. The number of hydrogen-bond donors (Lipinski definition) is 0. The molecule has 0 amide bonds. The first-order chi connectivity index (χ1) is 12.0. The first-order valence-corrected chi connectivity index (χ1v) is 7.83. The Labute approximate surface area is 144 Å². The highest BCUT2D eigenvalue weighted by molar-refractivity contribution is 6.00. The summed E-state index contributed by atoms with van der Waals surface area (Å²) >= 11 is 0. The zero-order valence-electron chi connectivity index (χ0n) is 14.3. The van der Waals surface area contributed by atoms with E-state index in [4.69, 9.17) is 13.9 Å². The van der Waals surface area contributed by atoms with Crippen molar-refractivity contribution in [3.63, 3.8) is 0 Å². The molecule has 1 aromatic heterocycles. The summed E-state index contributed by atoms with van der Waals surface area (Å²) in [6.45, 7) is 3.61. The Morgan fingerprint density at radius 3 is 2.64 bits per heavy atom. The van der Waals surface area contributed by atoms with Gasteiger partial charge in [0, 0.05) is 17.5 Å². The summed E-state index contributed by atoms with van der Waals surface area (Å²) in [7, 11) is 1.52. The fourth-order valence-electron chi connectivity index (χ4n) is 2.66. The van der Waals surface area contributed by atoms with Gasteiger partial charge in [0.05, 0.1) is 12.7 Å². The maximum atomic E-state index is 12.4. The average molecular weight is 338 g/mol. The second-order valence-electron chi connectivity index (χ2n) is 5.82. The van der Waals surface area contributed by atoms with Gasteiger partial charge in [-0.25, -0.2) is 4.79 Å². The van der Waals surface area contributed by atoms with Gasteiger partial charge >= 0.3 is 5.63 Å². The molecule has 0 radical (unpaired) electrons. The third-order valence-corrected chi connectivity index (χ3v) is 3.95. The molecule has 0 N–H and O–H groups in total. The zero-order valence-corrected chi connectivity index (χ0v) is 14.3. The molecule has 0 fully saturated rings. The predicted molar refractivity (Wildman–Crippen MR) is 94.8 cm³/mol. The van der Waals surface area contributed by atoms with Crippen molar-refractivity contribution in [2.24, 2.45) is 0 Å². The van der Waals surface area contributed by atoms with Gasteiger partial charge in [0.25, 0.3) is 0 Å². The van der Waals surface area contributed by atoms with Gasteiger partial charge in [-0.2, -0.15) is 0 Å². The van der Waals surface area contributed by atoms with Crippen molar-refractivity contribution >= 4 is 16.8 Å². The van der Waals surface area contributed by atoms with Crippen LogP contribution in [-0.4, -0.2) is 19.5 Å². The van der Waals surface area contributed by atoms with Crippen molar-refractivity contribution in [3.8, 4) is 11.5 Å². The smallest absolute Gasteiger partial charge is 0.336 e. The van der Waals surface area contributed by atoms with Crippen LogP contribution in [0.1, 0.15) is 21.5 Å². The van der Waals surface area contributed by atoms with Crippen LogP contribution in [0.4, 0.5) is 0 Å². The molecule has 3 rings (SSSR count). The predicted octanol–water partition coefficient (Wildman–Crippen LogP) is 3.68. The first kappa shape index (κ1) is 16.8. The molecule has 5 nitrogen and oxygen atoms in total. The van der Waals surface area contributed by atoms with E-state index in [0.29, 0.717) is 22.6 Å². The normalized spacial score (nSPS) is 10.7. The molecule has 128 valence electrons. The number of methoxy groups -OCH3 is 1. The molecule has 1 heterocycles. The number of rotatable bonds is 5. The van der Waals surface area contributed by atoms with Crippen molar-refractivity contribution in [2.75, 3.05) is 13.7 Å². The number of carbonyl (C=O) groups excluding carboxylic acids is 1. The molecule has 2 aromatic carbocycles. The number of aryl methyl sites for hydroxylation is 2. The number of ether oxygens (including phenoxy) is 2. The third-order valence-electron chi connectivity index (χ3n) is 3.95. The highest BCUT2D eigenvalue weighted by Gasteiger charge is 2.14. The molecule has 0 atom stereocenters. The van der Waals surface area contributed by atoms with Crippen molar-refractivity contribution in [2.45, 2.75) is 13.8 Å². The average Bonchev–Trinajstić information content (AvgIpc) is 2.59. The fraction of sp³-hybridized carbons (Fsp3) is 0.200. The van der Waals surface area contributed by atoms with Gasteiger partial charge < -0.3 is 13.9 Å². The van der Waals surface area contributed by atoms with Crippen LogP contribution < -0.4 is 15.1 Å². The highest BCUT2D eigenvalue weighted by Crippen LogP contribution is 2.24. The molecular formula is C20H18O5. The zero-order chi connectivity index (χ0) is 18.0. The Hall–Kier alpha value is -3.08. The minimum atomic E-state index is -0.414. The second-order valence-corrected chi connectivity index (χ2v) is 5.82. The summed E-state index contributed by atoms with van der Waals surface area (Å²) in [6, 6.07) is 12.0. The van der Waals surface area contributed by atoms with Crippen LogP contribution >= 0.6 is 0 Å². The summed E-state index contributed by atoms with van der Waals surface area (Å²) in [4.78, 5) is 23.9. The van der Waals surface area contributed by atoms with Crippen LogP contribution in [0.3, 0.4) is 0 Å². The van der Waals surface area contributed by atoms with Gasteiger partial charge in [0.15, 0.2) is 6.61 Å². The fourth-order valence-corrected chi connectivity index (χ4v) is 2.66.